The maximum Gasteiger partial charge on any atom is 0.491 e. The first-order valence-corrected chi connectivity index (χ1v) is 18.7. The van der Waals surface area contributed by atoms with Crippen LogP contribution in [0.4, 0.5) is 24.8 Å². The monoisotopic (exact) mass is 793 g/mol. The van der Waals surface area contributed by atoms with Gasteiger partial charge in [-0.05, 0) is 66.0 Å². The van der Waals surface area contributed by atoms with E-state index in [-0.39, 0.29) is 30.5 Å². The molecule has 0 radical (unpaired) electrons. The highest BCUT2D eigenvalue weighted by atomic mass is 19.4. The van der Waals surface area contributed by atoms with Crippen LogP contribution in [-0.4, -0.2) is 57.9 Å². The number of nitrogens with zero attached hydrogens (tertiary/aromatic N) is 4. The number of aryl methyl sites for hydroxylation is 2. The number of rotatable bonds is 14. The van der Waals surface area contributed by atoms with E-state index >= 15 is 9.59 Å². The van der Waals surface area contributed by atoms with Crippen molar-refractivity contribution in [1.29, 1.82) is 0 Å². The summed E-state index contributed by atoms with van der Waals surface area (Å²) < 4.78 is 49.1. The molecule has 14 heteroatoms. The molecule has 3 unspecified atom stereocenters. The number of ether oxygens (including phenoxy) is 2. The molecule has 58 heavy (non-hydrogen) atoms. The SMILES string of the molecule is Cc1cc(OCCCc2ccc3c(c2)C(=O)N(CC(C)C(CC(=O)OC(=O)C(F)(F)F)c2ccccc2)C(c2ccccc2)C(=O)N3Cc2ccccc2)nc(N)n1. The highest BCUT2D eigenvalue weighted by Crippen LogP contribution is 2.39. The highest BCUT2D eigenvalue weighted by Gasteiger charge is 2.44. The van der Waals surface area contributed by atoms with Crippen LogP contribution in [-0.2, 0) is 32.1 Å². The van der Waals surface area contributed by atoms with Crippen molar-refractivity contribution >= 4 is 35.4 Å². The third-order valence-electron chi connectivity index (χ3n) is 9.89. The molecule has 1 aliphatic heterocycles. The molecule has 4 aromatic carbocycles. The second kappa shape index (κ2) is 18.1. The van der Waals surface area contributed by atoms with Crippen LogP contribution in [0.2, 0.25) is 0 Å². The fourth-order valence-electron chi connectivity index (χ4n) is 7.15. The summed E-state index contributed by atoms with van der Waals surface area (Å²) in [6.07, 6.45) is -4.88. The van der Waals surface area contributed by atoms with Crippen LogP contribution < -0.4 is 15.4 Å². The number of nitrogens with two attached hydrogens (primary N) is 1. The number of nitrogen functional groups attached to an aromatic ring is 1. The van der Waals surface area contributed by atoms with Crippen LogP contribution >= 0.6 is 0 Å². The minimum atomic E-state index is -5.36. The number of alkyl halides is 3. The molecule has 0 fully saturated rings. The Balaban J connectivity index is 1.36. The number of hydrogen-bond donors (Lipinski definition) is 1. The smallest absolute Gasteiger partial charge is 0.478 e. The van der Waals surface area contributed by atoms with E-state index in [1.54, 1.807) is 97.6 Å². The number of carbonyl (C=O) groups excluding carboxylic acids is 4. The first-order valence-electron chi connectivity index (χ1n) is 18.7. The molecule has 2 N–H and O–H groups in total. The summed E-state index contributed by atoms with van der Waals surface area (Å²) in [5.41, 5.74) is 9.89. The van der Waals surface area contributed by atoms with Crippen LogP contribution in [0.1, 0.15) is 70.0 Å². The van der Waals surface area contributed by atoms with Crippen molar-refractivity contribution < 1.29 is 41.8 Å². The first kappa shape index (κ1) is 41.1. The quantitative estimate of drug-likeness (QED) is 0.0685. The van der Waals surface area contributed by atoms with Crippen LogP contribution in [0.3, 0.4) is 0 Å². The number of fused-ring (bicyclic) bond motifs is 1. The second-order valence-electron chi connectivity index (χ2n) is 14.1. The van der Waals surface area contributed by atoms with Crippen LogP contribution in [0.5, 0.6) is 5.88 Å². The van der Waals surface area contributed by atoms with Crippen molar-refractivity contribution in [2.75, 3.05) is 23.8 Å². The molecule has 2 amide bonds. The third-order valence-corrected chi connectivity index (χ3v) is 9.89. The molecule has 300 valence electrons. The molecule has 0 spiro atoms. The molecule has 6 rings (SSSR count). The van der Waals surface area contributed by atoms with Gasteiger partial charge in [0.2, 0.25) is 11.8 Å². The minimum Gasteiger partial charge on any atom is -0.478 e. The summed E-state index contributed by atoms with van der Waals surface area (Å²) in [5, 5.41) is 0. The number of aromatic nitrogens is 2. The van der Waals surface area contributed by atoms with Crippen molar-refractivity contribution in [2.45, 2.75) is 57.8 Å². The van der Waals surface area contributed by atoms with Crippen molar-refractivity contribution in [1.82, 2.24) is 14.9 Å². The van der Waals surface area contributed by atoms with E-state index in [0.717, 1.165) is 11.1 Å². The lowest BCUT2D eigenvalue weighted by molar-refractivity contribution is -0.202. The Bertz CT molecular complexity index is 2220. The number of benzene rings is 4. The van der Waals surface area contributed by atoms with Gasteiger partial charge in [-0.2, -0.15) is 18.2 Å². The molecule has 11 nitrogen and oxygen atoms in total. The Morgan fingerprint density at radius 3 is 2.17 bits per heavy atom. The van der Waals surface area contributed by atoms with E-state index in [0.29, 0.717) is 47.8 Å². The van der Waals surface area contributed by atoms with Gasteiger partial charge in [0.1, 0.15) is 6.04 Å². The molecule has 0 aliphatic carbocycles. The van der Waals surface area contributed by atoms with Crippen molar-refractivity contribution in [3.8, 4) is 5.88 Å². The summed E-state index contributed by atoms with van der Waals surface area (Å²) in [6, 6.07) is 32.8. The zero-order valence-corrected chi connectivity index (χ0v) is 31.9. The first-order chi connectivity index (χ1) is 27.8. The molecule has 5 aromatic rings. The topological polar surface area (TPSA) is 145 Å². The van der Waals surface area contributed by atoms with Gasteiger partial charge in [-0.15, -0.1) is 0 Å². The molecule has 1 aliphatic rings. The Morgan fingerprint density at radius 1 is 0.862 bits per heavy atom. The summed E-state index contributed by atoms with van der Waals surface area (Å²) in [5.74, 6) is -5.79. The predicted octanol–water partition coefficient (Wildman–Crippen LogP) is 7.55. The van der Waals surface area contributed by atoms with Gasteiger partial charge < -0.3 is 25.0 Å². The predicted molar refractivity (Wildman–Crippen MR) is 209 cm³/mol. The van der Waals surface area contributed by atoms with Gasteiger partial charge in [0.05, 0.1) is 30.8 Å². The molecular formula is C44H42F3N5O6. The Morgan fingerprint density at radius 2 is 1.52 bits per heavy atom. The maximum absolute atomic E-state index is 15.1. The fourth-order valence-corrected chi connectivity index (χ4v) is 7.15. The lowest BCUT2D eigenvalue weighted by Crippen LogP contribution is -2.44. The zero-order chi connectivity index (χ0) is 41.4. The molecule has 0 bridgehead atoms. The maximum atomic E-state index is 15.1. The molecule has 3 atom stereocenters. The van der Waals surface area contributed by atoms with Crippen molar-refractivity contribution in [3.05, 3.63) is 149 Å². The van der Waals surface area contributed by atoms with E-state index in [1.165, 1.54) is 4.90 Å². The molecule has 0 saturated heterocycles. The van der Waals surface area contributed by atoms with Crippen LogP contribution in [0, 0.1) is 12.8 Å². The number of halogens is 3. The average molecular weight is 794 g/mol. The van der Waals surface area contributed by atoms with Crippen LogP contribution in [0.25, 0.3) is 0 Å². The number of amides is 2. The largest absolute Gasteiger partial charge is 0.491 e. The van der Waals surface area contributed by atoms with Gasteiger partial charge in [0, 0.05) is 18.3 Å². The number of anilines is 2. The van der Waals surface area contributed by atoms with Crippen LogP contribution in [0.15, 0.2) is 115 Å². The summed E-state index contributed by atoms with van der Waals surface area (Å²) in [4.78, 5) is 65.9. The van der Waals surface area contributed by atoms with Gasteiger partial charge in [-0.25, -0.2) is 9.78 Å². The van der Waals surface area contributed by atoms with Gasteiger partial charge >= 0.3 is 18.1 Å². The lowest BCUT2D eigenvalue weighted by atomic mass is 9.83. The van der Waals surface area contributed by atoms with E-state index in [1.807, 2.05) is 36.4 Å². The van der Waals surface area contributed by atoms with E-state index in [4.69, 9.17) is 10.5 Å². The van der Waals surface area contributed by atoms with E-state index in [9.17, 15) is 22.8 Å². The third kappa shape index (κ3) is 10.0. The standard InChI is InChI=1S/C44H42F3N5O6/c1-28(34(32-16-8-4-9-17-32)25-38(53)58-42(56)44(45,46)47)26-52-39(33-18-10-5-11-19-33)41(55)51(27-31-13-6-3-7-14-31)36-21-20-30(24-35(36)40(52)54)15-12-22-57-37-23-29(2)49-43(48)50-37/h3-11,13-14,16-21,23-24,28,34,39H,12,15,22,25-27H2,1-2H3,(H2,48,49,50). The Hall–Kier alpha value is -6.57. The number of carbonyl (C=O) groups is 4. The number of esters is 2. The van der Waals surface area contributed by atoms with Gasteiger partial charge in [-0.3, -0.25) is 14.4 Å². The van der Waals surface area contributed by atoms with Gasteiger partial charge in [0.25, 0.3) is 11.8 Å². The average Bonchev–Trinajstić information content (AvgIpc) is 3.27. The van der Waals surface area contributed by atoms with Crippen molar-refractivity contribution in [2.24, 2.45) is 5.92 Å². The number of hydrogen-bond acceptors (Lipinski definition) is 9. The molecular weight excluding hydrogens is 752 g/mol. The fraction of sp³-hybridized carbons (Fsp3) is 0.273. The summed E-state index contributed by atoms with van der Waals surface area (Å²) in [6.45, 7) is 3.89. The van der Waals surface area contributed by atoms with E-state index < -0.39 is 48.3 Å². The van der Waals surface area contributed by atoms with Gasteiger partial charge in [0.15, 0.2) is 0 Å². The molecule has 2 heterocycles. The Kier molecular flexibility index (Phi) is 12.8. The normalized spacial score (nSPS) is 15.3. The van der Waals surface area contributed by atoms with Crippen molar-refractivity contribution in [3.63, 3.8) is 0 Å². The zero-order valence-electron chi connectivity index (χ0n) is 31.9. The summed E-state index contributed by atoms with van der Waals surface area (Å²) >= 11 is 0. The highest BCUT2D eigenvalue weighted by molar-refractivity contribution is 6.11. The lowest BCUT2D eigenvalue weighted by Gasteiger charge is -2.35. The second-order valence-corrected chi connectivity index (χ2v) is 14.1. The van der Waals surface area contributed by atoms with Gasteiger partial charge in [-0.1, -0.05) is 104 Å². The minimum absolute atomic E-state index is 0.0949. The van der Waals surface area contributed by atoms with E-state index in [2.05, 4.69) is 14.7 Å². The molecule has 1 aromatic heterocycles. The summed E-state index contributed by atoms with van der Waals surface area (Å²) in [7, 11) is 0. The molecule has 0 saturated carbocycles. The Labute approximate surface area is 333 Å².